The van der Waals surface area contributed by atoms with Gasteiger partial charge in [0.25, 0.3) is 0 Å². The van der Waals surface area contributed by atoms with Gasteiger partial charge in [-0.05, 0) is 46.6 Å². The average Bonchev–Trinajstić information content (AvgIpc) is 2.17. The van der Waals surface area contributed by atoms with Gasteiger partial charge in [0.2, 0.25) is 0 Å². The number of nitrogen functional groups attached to an aromatic ring is 1. The zero-order valence-electron chi connectivity index (χ0n) is 10.6. The molecule has 1 heterocycles. The lowest BCUT2D eigenvalue weighted by Gasteiger charge is -2.19. The van der Waals surface area contributed by atoms with Gasteiger partial charge in [-0.3, -0.25) is 4.98 Å². The first-order chi connectivity index (χ1) is 7.79. The number of pyridine rings is 1. The van der Waals surface area contributed by atoms with Gasteiger partial charge in [-0.2, -0.15) is 0 Å². The monoisotopic (exact) mass is 292 g/mol. The summed E-state index contributed by atoms with van der Waals surface area (Å²) in [5.41, 5.74) is 10.1. The molecule has 17 heavy (non-hydrogen) atoms. The summed E-state index contributed by atoms with van der Waals surface area (Å²) in [6.45, 7) is 8.48. The molecule has 2 N–H and O–H groups in total. The Hall–Kier alpha value is -1.09. The Morgan fingerprint density at radius 3 is 2.41 bits per heavy atom. The molecule has 1 aromatic carbocycles. The maximum atomic E-state index is 6.13. The molecule has 0 aliphatic carbocycles. The van der Waals surface area contributed by atoms with Crippen molar-refractivity contribution in [2.45, 2.75) is 33.1 Å². The van der Waals surface area contributed by atoms with Crippen molar-refractivity contribution in [3.05, 3.63) is 33.9 Å². The van der Waals surface area contributed by atoms with E-state index in [2.05, 4.69) is 55.8 Å². The molecular formula is C14H17BrN2. The van der Waals surface area contributed by atoms with E-state index >= 15 is 0 Å². The van der Waals surface area contributed by atoms with E-state index in [9.17, 15) is 0 Å². The van der Waals surface area contributed by atoms with E-state index in [0.29, 0.717) is 0 Å². The van der Waals surface area contributed by atoms with Crippen molar-refractivity contribution in [3.8, 4) is 0 Å². The highest BCUT2D eigenvalue weighted by atomic mass is 79.9. The van der Waals surface area contributed by atoms with Gasteiger partial charge in [0.05, 0.1) is 5.52 Å². The second kappa shape index (κ2) is 3.98. The van der Waals surface area contributed by atoms with Crippen molar-refractivity contribution in [2.75, 3.05) is 5.73 Å². The van der Waals surface area contributed by atoms with Crippen LogP contribution in [-0.4, -0.2) is 4.98 Å². The zero-order chi connectivity index (χ0) is 12.8. The molecule has 0 radical (unpaired) electrons. The Balaban J connectivity index is 2.83. The fourth-order valence-corrected chi connectivity index (χ4v) is 2.49. The van der Waals surface area contributed by atoms with E-state index in [1.54, 1.807) is 0 Å². The lowest BCUT2D eigenvalue weighted by Crippen LogP contribution is -2.14. The van der Waals surface area contributed by atoms with E-state index in [0.717, 1.165) is 26.8 Å². The largest absolute Gasteiger partial charge is 0.398 e. The predicted molar refractivity (Wildman–Crippen MR) is 77.3 cm³/mol. The Labute approximate surface area is 110 Å². The van der Waals surface area contributed by atoms with E-state index in [1.165, 1.54) is 5.56 Å². The summed E-state index contributed by atoms with van der Waals surface area (Å²) in [4.78, 5) is 4.72. The molecule has 0 spiro atoms. The van der Waals surface area contributed by atoms with E-state index < -0.39 is 0 Å². The number of hydrogen-bond donors (Lipinski definition) is 1. The van der Waals surface area contributed by atoms with Crippen LogP contribution in [-0.2, 0) is 5.41 Å². The fourth-order valence-electron chi connectivity index (χ4n) is 1.83. The van der Waals surface area contributed by atoms with Gasteiger partial charge in [-0.1, -0.05) is 20.8 Å². The lowest BCUT2D eigenvalue weighted by molar-refractivity contribution is 0.572. The minimum atomic E-state index is 0.00658. The topological polar surface area (TPSA) is 38.9 Å². The summed E-state index contributed by atoms with van der Waals surface area (Å²) in [5.74, 6) is 0. The van der Waals surface area contributed by atoms with E-state index in [-0.39, 0.29) is 5.41 Å². The van der Waals surface area contributed by atoms with Crippen LogP contribution in [0.3, 0.4) is 0 Å². The van der Waals surface area contributed by atoms with Gasteiger partial charge >= 0.3 is 0 Å². The molecule has 2 nitrogen and oxygen atoms in total. The van der Waals surface area contributed by atoms with Gasteiger partial charge in [-0.15, -0.1) is 0 Å². The Bertz CT molecular complexity index is 583. The Morgan fingerprint density at radius 2 is 1.82 bits per heavy atom. The molecule has 1 aromatic heterocycles. The van der Waals surface area contributed by atoms with Crippen LogP contribution in [0.1, 0.15) is 32.0 Å². The van der Waals surface area contributed by atoms with Crippen LogP contribution in [0.25, 0.3) is 10.9 Å². The van der Waals surface area contributed by atoms with Gasteiger partial charge in [0, 0.05) is 26.7 Å². The molecule has 0 aliphatic heterocycles. The van der Waals surface area contributed by atoms with Crippen LogP contribution in [0.2, 0.25) is 0 Å². The number of nitrogens with zero attached hydrogens (tertiary/aromatic N) is 1. The summed E-state index contributed by atoms with van der Waals surface area (Å²) in [5, 5.41) is 1.02. The molecule has 0 saturated heterocycles. The van der Waals surface area contributed by atoms with Crippen LogP contribution in [0, 0.1) is 6.92 Å². The number of hydrogen-bond acceptors (Lipinski definition) is 2. The number of anilines is 1. The van der Waals surface area contributed by atoms with Crippen molar-refractivity contribution in [1.82, 2.24) is 4.98 Å². The van der Waals surface area contributed by atoms with E-state index in [4.69, 9.17) is 10.7 Å². The first kappa shape index (κ1) is 12.4. The summed E-state index contributed by atoms with van der Waals surface area (Å²) < 4.78 is 1.00. The molecule has 3 heteroatoms. The lowest BCUT2D eigenvalue weighted by atomic mass is 9.90. The average molecular weight is 293 g/mol. The summed E-state index contributed by atoms with van der Waals surface area (Å²) in [7, 11) is 0. The number of rotatable bonds is 0. The highest BCUT2D eigenvalue weighted by molar-refractivity contribution is 9.10. The van der Waals surface area contributed by atoms with Crippen LogP contribution < -0.4 is 5.73 Å². The standard InChI is InChI=1S/C14H17BrN2/c1-8-5-9-11(16)7-12(14(2,3)4)17-13(9)10(15)6-8/h5-7H,1-4H3,(H2,16,17). The third kappa shape index (κ3) is 2.29. The maximum absolute atomic E-state index is 6.13. The van der Waals surface area contributed by atoms with Crippen molar-refractivity contribution in [3.63, 3.8) is 0 Å². The minimum Gasteiger partial charge on any atom is -0.398 e. The molecule has 2 aromatic rings. The highest BCUT2D eigenvalue weighted by Crippen LogP contribution is 2.32. The molecule has 0 aliphatic rings. The quantitative estimate of drug-likeness (QED) is 0.791. The van der Waals surface area contributed by atoms with Gasteiger partial charge < -0.3 is 5.73 Å². The van der Waals surface area contributed by atoms with Crippen molar-refractivity contribution >= 4 is 32.5 Å². The number of benzene rings is 1. The molecular weight excluding hydrogens is 276 g/mol. The summed E-state index contributed by atoms with van der Waals surface area (Å²) in [6.07, 6.45) is 0. The van der Waals surface area contributed by atoms with Crippen molar-refractivity contribution in [2.24, 2.45) is 0 Å². The van der Waals surface area contributed by atoms with Gasteiger partial charge in [-0.25, -0.2) is 0 Å². The van der Waals surface area contributed by atoms with E-state index in [1.807, 2.05) is 6.07 Å². The SMILES string of the molecule is Cc1cc(Br)c2nc(C(C)(C)C)cc(N)c2c1. The Kier molecular flexibility index (Phi) is 2.90. The maximum Gasteiger partial charge on any atom is 0.0868 e. The van der Waals surface area contributed by atoms with Crippen LogP contribution >= 0.6 is 15.9 Å². The molecule has 0 saturated carbocycles. The van der Waals surface area contributed by atoms with Crippen LogP contribution in [0.15, 0.2) is 22.7 Å². The normalized spacial score (nSPS) is 12.1. The van der Waals surface area contributed by atoms with Crippen LogP contribution in [0.4, 0.5) is 5.69 Å². The number of aromatic nitrogens is 1. The molecule has 2 rings (SSSR count). The summed E-state index contributed by atoms with van der Waals surface area (Å²) in [6, 6.07) is 6.13. The number of nitrogens with two attached hydrogens (primary N) is 1. The van der Waals surface area contributed by atoms with Crippen molar-refractivity contribution in [1.29, 1.82) is 0 Å². The minimum absolute atomic E-state index is 0.00658. The molecule has 0 amide bonds. The molecule has 0 fully saturated rings. The number of fused-ring (bicyclic) bond motifs is 1. The second-order valence-electron chi connectivity index (χ2n) is 5.49. The third-order valence-electron chi connectivity index (χ3n) is 2.81. The second-order valence-corrected chi connectivity index (χ2v) is 6.34. The highest BCUT2D eigenvalue weighted by Gasteiger charge is 2.18. The smallest absolute Gasteiger partial charge is 0.0868 e. The Morgan fingerprint density at radius 1 is 1.18 bits per heavy atom. The predicted octanol–water partition coefficient (Wildman–Crippen LogP) is 4.19. The van der Waals surface area contributed by atoms with Crippen molar-refractivity contribution < 1.29 is 0 Å². The number of aryl methyl sites for hydroxylation is 1. The molecule has 0 atom stereocenters. The number of halogens is 1. The first-order valence-corrected chi connectivity index (χ1v) is 6.45. The third-order valence-corrected chi connectivity index (χ3v) is 3.42. The first-order valence-electron chi connectivity index (χ1n) is 5.66. The van der Waals surface area contributed by atoms with Gasteiger partial charge in [0.1, 0.15) is 0 Å². The van der Waals surface area contributed by atoms with Gasteiger partial charge in [0.15, 0.2) is 0 Å². The summed E-state index contributed by atoms with van der Waals surface area (Å²) >= 11 is 3.56. The zero-order valence-corrected chi connectivity index (χ0v) is 12.2. The molecule has 0 unspecified atom stereocenters. The molecule has 0 bridgehead atoms. The van der Waals surface area contributed by atoms with Crippen LogP contribution in [0.5, 0.6) is 0 Å². The molecule has 90 valence electrons. The fraction of sp³-hybridized carbons (Fsp3) is 0.357.